The third-order valence-electron chi connectivity index (χ3n) is 5.75. The molecule has 3 fully saturated rings. The Morgan fingerprint density at radius 3 is 2.65 bits per heavy atom. The van der Waals surface area contributed by atoms with Crippen molar-refractivity contribution in [2.24, 2.45) is 11.8 Å². The molecular formula is C16H21N3O4. The summed E-state index contributed by atoms with van der Waals surface area (Å²) in [7, 11) is 0. The first-order valence-electron chi connectivity index (χ1n) is 8.30. The normalized spacial score (nSPS) is 27.7. The van der Waals surface area contributed by atoms with Crippen LogP contribution in [-0.2, 0) is 5.41 Å². The Labute approximate surface area is 134 Å². The Balaban J connectivity index is 1.38. The van der Waals surface area contributed by atoms with Crippen LogP contribution in [0.5, 0.6) is 0 Å². The molecule has 2 N–H and O–H groups in total. The lowest BCUT2D eigenvalue weighted by molar-refractivity contribution is 0.0694. The molecule has 2 amide bonds. The van der Waals surface area contributed by atoms with Crippen molar-refractivity contribution in [3.05, 3.63) is 17.5 Å². The molecule has 1 aromatic heterocycles. The Morgan fingerprint density at radius 1 is 1.35 bits per heavy atom. The van der Waals surface area contributed by atoms with Gasteiger partial charge in [0.2, 0.25) is 0 Å². The van der Waals surface area contributed by atoms with Crippen LogP contribution in [0.25, 0.3) is 0 Å². The molecule has 2 saturated carbocycles. The zero-order valence-corrected chi connectivity index (χ0v) is 13.0. The second kappa shape index (κ2) is 5.25. The van der Waals surface area contributed by atoms with Crippen molar-refractivity contribution in [2.45, 2.75) is 37.5 Å². The van der Waals surface area contributed by atoms with Gasteiger partial charge >= 0.3 is 12.0 Å². The van der Waals surface area contributed by atoms with E-state index in [-0.39, 0.29) is 17.0 Å². The number of nitrogens with one attached hydrogen (secondary N) is 1. The number of carbonyl (C=O) groups excluding carboxylic acids is 1. The molecule has 1 aliphatic heterocycles. The second-order valence-corrected chi connectivity index (χ2v) is 7.18. The molecule has 2 aliphatic carbocycles. The number of nitrogens with zero attached hydrogens (tertiary/aromatic N) is 2. The number of aromatic carboxylic acids is 1. The number of hydrogen-bond donors (Lipinski definition) is 2. The molecule has 3 aliphatic rings. The number of carbonyl (C=O) groups is 2. The summed E-state index contributed by atoms with van der Waals surface area (Å²) in [5.41, 5.74) is 0.197. The van der Waals surface area contributed by atoms with Crippen molar-refractivity contribution >= 4 is 12.0 Å². The van der Waals surface area contributed by atoms with Crippen molar-refractivity contribution in [1.82, 2.24) is 15.4 Å². The van der Waals surface area contributed by atoms with Crippen LogP contribution >= 0.6 is 0 Å². The molecule has 1 aromatic rings. The number of aromatic nitrogens is 1. The maximum Gasteiger partial charge on any atom is 0.340 e. The van der Waals surface area contributed by atoms with E-state index in [1.807, 2.05) is 4.90 Å². The summed E-state index contributed by atoms with van der Waals surface area (Å²) < 4.78 is 4.84. The highest BCUT2D eigenvalue weighted by atomic mass is 16.5. The summed E-state index contributed by atoms with van der Waals surface area (Å²) in [5.74, 6) is 0.306. The standard InChI is InChI=1S/C16H21N3O4/c20-14(21)12-8-23-18-13(12)16(4-5-16)9-17-15(22)19-6-10-2-1-3-11(10)7-19/h8,10-11H,1-7,9H2,(H,17,22)(H,20,21)/t10-,11+. The molecule has 0 radical (unpaired) electrons. The number of urea groups is 1. The summed E-state index contributed by atoms with van der Waals surface area (Å²) in [4.78, 5) is 25.5. The van der Waals surface area contributed by atoms with E-state index in [0.29, 0.717) is 24.1 Å². The van der Waals surface area contributed by atoms with Crippen molar-refractivity contribution in [3.8, 4) is 0 Å². The number of rotatable bonds is 4. The monoisotopic (exact) mass is 319 g/mol. The smallest absolute Gasteiger partial charge is 0.340 e. The van der Waals surface area contributed by atoms with Gasteiger partial charge in [0.05, 0.1) is 0 Å². The third kappa shape index (κ3) is 2.48. The lowest BCUT2D eigenvalue weighted by atomic mass is 9.99. The van der Waals surface area contributed by atoms with E-state index in [0.717, 1.165) is 25.9 Å². The van der Waals surface area contributed by atoms with Crippen LogP contribution in [0.3, 0.4) is 0 Å². The molecule has 7 nitrogen and oxygen atoms in total. The van der Waals surface area contributed by atoms with Gasteiger partial charge in [-0.2, -0.15) is 0 Å². The Morgan fingerprint density at radius 2 is 2.04 bits per heavy atom. The highest BCUT2D eigenvalue weighted by molar-refractivity contribution is 5.89. The fourth-order valence-corrected chi connectivity index (χ4v) is 4.18. The van der Waals surface area contributed by atoms with E-state index >= 15 is 0 Å². The van der Waals surface area contributed by atoms with Gasteiger partial charge in [0.15, 0.2) is 0 Å². The summed E-state index contributed by atoms with van der Waals surface area (Å²) in [6.07, 6.45) is 6.58. The van der Waals surface area contributed by atoms with Gasteiger partial charge in [0, 0.05) is 25.0 Å². The van der Waals surface area contributed by atoms with Crippen LogP contribution < -0.4 is 5.32 Å². The number of carboxylic acid groups (broad SMARTS) is 1. The minimum atomic E-state index is -1.04. The van der Waals surface area contributed by atoms with Crippen molar-refractivity contribution < 1.29 is 19.2 Å². The van der Waals surface area contributed by atoms with Crippen LogP contribution in [-0.4, -0.2) is 46.8 Å². The van der Waals surface area contributed by atoms with Gasteiger partial charge in [-0.1, -0.05) is 11.6 Å². The topological polar surface area (TPSA) is 95.7 Å². The molecule has 23 heavy (non-hydrogen) atoms. The Hall–Kier alpha value is -2.05. The number of likely N-dealkylation sites (tertiary alicyclic amines) is 1. The SMILES string of the molecule is O=C(O)c1conc1C1(CNC(=O)N2C[C@H]3CCC[C@H]3C2)CC1. The highest BCUT2D eigenvalue weighted by Crippen LogP contribution is 2.48. The number of fused-ring (bicyclic) bond motifs is 1. The first-order valence-corrected chi connectivity index (χ1v) is 8.30. The first-order chi connectivity index (χ1) is 11.1. The van der Waals surface area contributed by atoms with Crippen molar-refractivity contribution in [3.63, 3.8) is 0 Å². The fourth-order valence-electron chi connectivity index (χ4n) is 4.18. The van der Waals surface area contributed by atoms with E-state index in [1.165, 1.54) is 25.5 Å². The zero-order chi connectivity index (χ0) is 16.0. The molecule has 0 unspecified atom stereocenters. The van der Waals surface area contributed by atoms with Crippen LogP contribution in [0.2, 0.25) is 0 Å². The van der Waals surface area contributed by atoms with Gasteiger partial charge in [-0.15, -0.1) is 0 Å². The maximum absolute atomic E-state index is 12.4. The van der Waals surface area contributed by atoms with Gasteiger partial charge in [0.25, 0.3) is 0 Å². The second-order valence-electron chi connectivity index (χ2n) is 7.18. The Kier molecular flexibility index (Phi) is 3.32. The zero-order valence-electron chi connectivity index (χ0n) is 13.0. The fraction of sp³-hybridized carbons (Fsp3) is 0.688. The summed E-state index contributed by atoms with van der Waals surface area (Å²) in [6.45, 7) is 2.13. The van der Waals surface area contributed by atoms with Gasteiger partial charge in [-0.05, 0) is 37.5 Å². The van der Waals surface area contributed by atoms with E-state index in [1.54, 1.807) is 0 Å². The van der Waals surface area contributed by atoms with Gasteiger partial charge in [-0.25, -0.2) is 9.59 Å². The van der Waals surface area contributed by atoms with Crippen molar-refractivity contribution in [1.29, 1.82) is 0 Å². The lowest BCUT2D eigenvalue weighted by Gasteiger charge is -2.20. The molecule has 0 aromatic carbocycles. The number of amides is 2. The van der Waals surface area contributed by atoms with Gasteiger partial charge in [0.1, 0.15) is 17.5 Å². The minimum absolute atomic E-state index is 0.0361. The molecule has 4 rings (SSSR count). The molecule has 1 saturated heterocycles. The summed E-state index contributed by atoms with van der Waals surface area (Å²) >= 11 is 0. The minimum Gasteiger partial charge on any atom is -0.478 e. The van der Waals surface area contributed by atoms with Crippen LogP contribution in [0.4, 0.5) is 4.79 Å². The van der Waals surface area contributed by atoms with E-state index < -0.39 is 5.97 Å². The van der Waals surface area contributed by atoms with Crippen molar-refractivity contribution in [2.75, 3.05) is 19.6 Å². The molecule has 124 valence electrons. The van der Waals surface area contributed by atoms with E-state index in [9.17, 15) is 14.7 Å². The summed E-state index contributed by atoms with van der Waals surface area (Å²) in [5, 5.41) is 16.0. The largest absolute Gasteiger partial charge is 0.478 e. The molecule has 7 heteroatoms. The quantitative estimate of drug-likeness (QED) is 0.883. The number of carboxylic acids is 1. The van der Waals surface area contributed by atoms with E-state index in [4.69, 9.17) is 4.52 Å². The molecule has 2 atom stereocenters. The molecule has 0 spiro atoms. The number of hydrogen-bond acceptors (Lipinski definition) is 4. The first kappa shape index (κ1) is 14.5. The van der Waals surface area contributed by atoms with Crippen LogP contribution in [0, 0.1) is 11.8 Å². The molecule has 0 bridgehead atoms. The predicted molar refractivity (Wildman–Crippen MR) is 80.2 cm³/mol. The molecule has 2 heterocycles. The van der Waals surface area contributed by atoms with Crippen LogP contribution in [0.1, 0.15) is 48.2 Å². The average molecular weight is 319 g/mol. The third-order valence-corrected chi connectivity index (χ3v) is 5.75. The van der Waals surface area contributed by atoms with Gasteiger partial charge < -0.3 is 19.8 Å². The van der Waals surface area contributed by atoms with Crippen LogP contribution in [0.15, 0.2) is 10.8 Å². The highest BCUT2D eigenvalue weighted by Gasteiger charge is 2.49. The predicted octanol–water partition coefficient (Wildman–Crippen LogP) is 1.85. The lowest BCUT2D eigenvalue weighted by Crippen LogP contribution is -2.42. The average Bonchev–Trinajstić information content (AvgIpc) is 2.93. The maximum atomic E-state index is 12.4. The Bertz CT molecular complexity index is 625. The van der Waals surface area contributed by atoms with Gasteiger partial charge in [-0.3, -0.25) is 0 Å². The van der Waals surface area contributed by atoms with E-state index in [2.05, 4.69) is 10.5 Å². The molecular weight excluding hydrogens is 298 g/mol. The summed E-state index contributed by atoms with van der Waals surface area (Å²) in [6, 6.07) is -0.0361.